The van der Waals surface area contributed by atoms with Crippen molar-refractivity contribution < 1.29 is 0 Å². The lowest BCUT2D eigenvalue weighted by Gasteiger charge is -2.24. The van der Waals surface area contributed by atoms with Crippen molar-refractivity contribution in [3.8, 4) is 0 Å². The van der Waals surface area contributed by atoms with Gasteiger partial charge in [-0.25, -0.2) is 0 Å². The number of hydrogen-bond acceptors (Lipinski definition) is 1. The molecule has 1 atom stereocenters. The Balaban J connectivity index is 2.10. The van der Waals surface area contributed by atoms with Crippen LogP contribution < -0.4 is 5.32 Å². The first-order valence-electron chi connectivity index (χ1n) is 6.16. The Hall–Kier alpha value is 0.440. The topological polar surface area (TPSA) is 12.0 Å². The molecule has 1 unspecified atom stereocenters. The van der Waals surface area contributed by atoms with Crippen LogP contribution >= 0.6 is 15.9 Å². The van der Waals surface area contributed by atoms with E-state index in [1.165, 1.54) is 51.5 Å². The summed E-state index contributed by atoms with van der Waals surface area (Å²) in [5.41, 5.74) is 0. The van der Waals surface area contributed by atoms with Gasteiger partial charge >= 0.3 is 0 Å². The van der Waals surface area contributed by atoms with E-state index >= 15 is 0 Å². The van der Waals surface area contributed by atoms with Gasteiger partial charge in [-0.05, 0) is 38.1 Å². The van der Waals surface area contributed by atoms with Gasteiger partial charge in [0, 0.05) is 11.4 Å². The summed E-state index contributed by atoms with van der Waals surface area (Å²) in [4.78, 5) is 0. The monoisotopic (exact) mass is 261 g/mol. The van der Waals surface area contributed by atoms with Gasteiger partial charge in [-0.3, -0.25) is 0 Å². The van der Waals surface area contributed by atoms with Crippen molar-refractivity contribution in [2.75, 3.05) is 11.9 Å². The summed E-state index contributed by atoms with van der Waals surface area (Å²) in [6, 6.07) is 0.733. The molecule has 0 radical (unpaired) electrons. The van der Waals surface area contributed by atoms with Crippen molar-refractivity contribution in [1.29, 1.82) is 0 Å². The summed E-state index contributed by atoms with van der Waals surface area (Å²) >= 11 is 3.52. The fourth-order valence-electron chi connectivity index (χ4n) is 2.31. The molecule has 1 rings (SSSR count). The van der Waals surface area contributed by atoms with E-state index < -0.39 is 0 Å². The van der Waals surface area contributed by atoms with Crippen molar-refractivity contribution in [1.82, 2.24) is 5.32 Å². The van der Waals surface area contributed by atoms with Crippen LogP contribution in [0.2, 0.25) is 0 Å². The van der Waals surface area contributed by atoms with Crippen molar-refractivity contribution in [2.24, 2.45) is 5.92 Å². The second-order valence-corrected chi connectivity index (χ2v) is 5.29. The SMILES string of the molecule is CCC(CCBr)NCC1CCCCC1. The third-order valence-corrected chi connectivity index (χ3v) is 3.83. The molecule has 1 aliphatic rings. The number of rotatable bonds is 6. The highest BCUT2D eigenvalue weighted by molar-refractivity contribution is 9.09. The highest BCUT2D eigenvalue weighted by Gasteiger charge is 2.14. The predicted octanol–water partition coefficient (Wildman–Crippen LogP) is 3.72. The zero-order valence-corrected chi connectivity index (χ0v) is 11.0. The number of halogens is 1. The second-order valence-electron chi connectivity index (χ2n) is 4.50. The average Bonchev–Trinajstić information content (AvgIpc) is 2.25. The van der Waals surface area contributed by atoms with Crippen LogP contribution in [-0.2, 0) is 0 Å². The average molecular weight is 262 g/mol. The quantitative estimate of drug-likeness (QED) is 0.719. The normalized spacial score (nSPS) is 21.0. The van der Waals surface area contributed by atoms with Gasteiger partial charge in [0.2, 0.25) is 0 Å². The van der Waals surface area contributed by atoms with E-state index in [0.29, 0.717) is 0 Å². The lowest BCUT2D eigenvalue weighted by atomic mass is 9.89. The molecule has 14 heavy (non-hydrogen) atoms. The maximum atomic E-state index is 3.71. The summed E-state index contributed by atoms with van der Waals surface area (Å²) < 4.78 is 0. The number of alkyl halides is 1. The smallest absolute Gasteiger partial charge is 0.00725 e. The van der Waals surface area contributed by atoms with Gasteiger partial charge in [0.05, 0.1) is 0 Å². The summed E-state index contributed by atoms with van der Waals surface area (Å²) in [5.74, 6) is 0.966. The molecule has 0 aliphatic heterocycles. The van der Waals surface area contributed by atoms with E-state index in [2.05, 4.69) is 28.2 Å². The maximum absolute atomic E-state index is 3.71. The molecule has 0 aromatic rings. The van der Waals surface area contributed by atoms with Gasteiger partial charge < -0.3 is 5.32 Å². The number of nitrogens with one attached hydrogen (secondary N) is 1. The van der Waals surface area contributed by atoms with E-state index in [9.17, 15) is 0 Å². The largest absolute Gasteiger partial charge is 0.314 e. The zero-order valence-electron chi connectivity index (χ0n) is 9.40. The maximum Gasteiger partial charge on any atom is 0.00725 e. The van der Waals surface area contributed by atoms with Crippen LogP contribution in [-0.4, -0.2) is 17.9 Å². The molecule has 1 saturated carbocycles. The first kappa shape index (κ1) is 12.5. The van der Waals surface area contributed by atoms with E-state index in [4.69, 9.17) is 0 Å². The first-order valence-corrected chi connectivity index (χ1v) is 7.28. The Labute approximate surface area is 97.2 Å². The standard InChI is InChI=1S/C12H24BrN/c1-2-12(8-9-13)14-10-11-6-4-3-5-7-11/h11-12,14H,2-10H2,1H3. The predicted molar refractivity (Wildman–Crippen MR) is 67.1 cm³/mol. The molecule has 1 nitrogen and oxygen atoms in total. The fourth-order valence-corrected chi connectivity index (χ4v) is 2.86. The number of hydrogen-bond donors (Lipinski definition) is 1. The van der Waals surface area contributed by atoms with Gasteiger partial charge in [0.1, 0.15) is 0 Å². The third-order valence-electron chi connectivity index (χ3n) is 3.37. The lowest BCUT2D eigenvalue weighted by molar-refractivity contribution is 0.323. The molecule has 0 aromatic heterocycles. The highest BCUT2D eigenvalue weighted by atomic mass is 79.9. The van der Waals surface area contributed by atoms with Crippen LogP contribution in [0.5, 0.6) is 0 Å². The molecule has 1 aliphatic carbocycles. The van der Waals surface area contributed by atoms with Gasteiger partial charge in [-0.1, -0.05) is 42.1 Å². The minimum Gasteiger partial charge on any atom is -0.314 e. The summed E-state index contributed by atoms with van der Waals surface area (Å²) in [6.45, 7) is 3.53. The molecule has 0 saturated heterocycles. The molecule has 0 spiro atoms. The molecule has 0 amide bonds. The minimum absolute atomic E-state index is 0.733. The van der Waals surface area contributed by atoms with E-state index in [-0.39, 0.29) is 0 Å². The van der Waals surface area contributed by atoms with E-state index in [1.807, 2.05) is 0 Å². The van der Waals surface area contributed by atoms with Crippen molar-refractivity contribution in [3.63, 3.8) is 0 Å². The van der Waals surface area contributed by atoms with Gasteiger partial charge in [-0.15, -0.1) is 0 Å². The Morgan fingerprint density at radius 1 is 1.29 bits per heavy atom. The fraction of sp³-hybridized carbons (Fsp3) is 1.00. The van der Waals surface area contributed by atoms with Crippen LogP contribution in [0.3, 0.4) is 0 Å². The Bertz CT molecular complexity index is 128. The molecule has 2 heteroatoms. The summed E-state index contributed by atoms with van der Waals surface area (Å²) in [5, 5.41) is 4.84. The van der Waals surface area contributed by atoms with Gasteiger partial charge in [0.25, 0.3) is 0 Å². The molecule has 0 aromatic carbocycles. The molecule has 84 valence electrons. The molecule has 1 N–H and O–H groups in total. The Morgan fingerprint density at radius 3 is 2.57 bits per heavy atom. The van der Waals surface area contributed by atoms with Gasteiger partial charge in [-0.2, -0.15) is 0 Å². The van der Waals surface area contributed by atoms with Crippen LogP contribution in [0.15, 0.2) is 0 Å². The molecule has 0 heterocycles. The van der Waals surface area contributed by atoms with E-state index in [0.717, 1.165) is 17.3 Å². The van der Waals surface area contributed by atoms with Crippen molar-refractivity contribution in [2.45, 2.75) is 57.9 Å². The van der Waals surface area contributed by atoms with E-state index in [1.54, 1.807) is 0 Å². The van der Waals surface area contributed by atoms with Crippen molar-refractivity contribution in [3.05, 3.63) is 0 Å². The van der Waals surface area contributed by atoms with Crippen LogP contribution in [0.4, 0.5) is 0 Å². The van der Waals surface area contributed by atoms with Crippen LogP contribution in [0.25, 0.3) is 0 Å². The minimum atomic E-state index is 0.733. The Kier molecular flexibility index (Phi) is 6.88. The molecule has 0 bridgehead atoms. The van der Waals surface area contributed by atoms with Crippen LogP contribution in [0, 0.1) is 5.92 Å². The molecular formula is C12H24BrN. The molecule has 1 fully saturated rings. The Morgan fingerprint density at radius 2 is 2.00 bits per heavy atom. The lowest BCUT2D eigenvalue weighted by Crippen LogP contribution is -2.33. The zero-order chi connectivity index (χ0) is 10.2. The summed E-state index contributed by atoms with van der Waals surface area (Å²) in [7, 11) is 0. The highest BCUT2D eigenvalue weighted by Crippen LogP contribution is 2.23. The van der Waals surface area contributed by atoms with Crippen molar-refractivity contribution >= 4 is 15.9 Å². The first-order chi connectivity index (χ1) is 6.86. The third kappa shape index (κ3) is 4.79. The van der Waals surface area contributed by atoms with Crippen LogP contribution in [0.1, 0.15) is 51.9 Å². The second kappa shape index (κ2) is 7.70. The molecular weight excluding hydrogens is 238 g/mol. The summed E-state index contributed by atoms with van der Waals surface area (Å²) in [6.07, 6.45) is 9.83. The van der Waals surface area contributed by atoms with Gasteiger partial charge in [0.15, 0.2) is 0 Å².